The maximum absolute atomic E-state index is 11.0. The second-order valence-corrected chi connectivity index (χ2v) is 2.85. The van der Waals surface area contributed by atoms with Crippen LogP contribution in [0.1, 0.15) is 33.6 Å². The molecule has 0 aliphatic heterocycles. The van der Waals surface area contributed by atoms with Gasteiger partial charge in [0.2, 0.25) is 0 Å². The Hall–Kier alpha value is -1.23. The fourth-order valence-electron chi connectivity index (χ4n) is 0.833. The molecule has 2 nitrogen and oxygen atoms in total. The van der Waals surface area contributed by atoms with Crippen molar-refractivity contribution in [1.82, 2.24) is 0 Å². The van der Waals surface area contributed by atoms with Crippen LogP contribution in [0.3, 0.4) is 0 Å². The number of allylic oxidation sites excluding steroid dienone is 2. The van der Waals surface area contributed by atoms with E-state index in [1.54, 1.807) is 6.92 Å². The highest BCUT2D eigenvalue weighted by Crippen LogP contribution is 2.09. The molecule has 2 heteroatoms. The topological polar surface area (TPSA) is 26.3 Å². The third-order valence-electron chi connectivity index (χ3n) is 1.87. The molecule has 0 rings (SSSR count). The largest absolute Gasteiger partial charge is 0.466 e. The van der Waals surface area contributed by atoms with Crippen LogP contribution in [0.15, 0.2) is 11.1 Å². The SMILES string of the molecule is C#CC(C)=C(C)CCC(=O)OCC. The van der Waals surface area contributed by atoms with Crippen LogP contribution in [0.2, 0.25) is 0 Å². The molecule has 0 fully saturated rings. The van der Waals surface area contributed by atoms with Crippen molar-refractivity contribution in [2.75, 3.05) is 6.61 Å². The Bertz CT molecular complexity index is 243. The first kappa shape index (κ1) is 11.8. The summed E-state index contributed by atoms with van der Waals surface area (Å²) in [5, 5.41) is 0. The molecule has 0 saturated heterocycles. The Morgan fingerprint density at radius 2 is 2.00 bits per heavy atom. The van der Waals surface area contributed by atoms with E-state index in [-0.39, 0.29) is 5.97 Å². The van der Waals surface area contributed by atoms with Crippen LogP contribution < -0.4 is 0 Å². The average molecular weight is 180 g/mol. The highest BCUT2D eigenvalue weighted by Gasteiger charge is 2.02. The second kappa shape index (κ2) is 6.30. The number of hydrogen-bond donors (Lipinski definition) is 0. The molecule has 0 atom stereocenters. The lowest BCUT2D eigenvalue weighted by atomic mass is 10.1. The maximum atomic E-state index is 11.0. The van der Waals surface area contributed by atoms with Crippen molar-refractivity contribution in [3.63, 3.8) is 0 Å². The maximum Gasteiger partial charge on any atom is 0.306 e. The van der Waals surface area contributed by atoms with Crippen molar-refractivity contribution in [2.45, 2.75) is 33.6 Å². The number of ether oxygens (including phenoxy) is 1. The van der Waals surface area contributed by atoms with Crippen molar-refractivity contribution < 1.29 is 9.53 Å². The summed E-state index contributed by atoms with van der Waals surface area (Å²) < 4.78 is 4.79. The molecule has 0 aromatic heterocycles. The molecule has 0 heterocycles. The molecule has 0 aromatic carbocycles. The molecule has 0 radical (unpaired) electrons. The van der Waals surface area contributed by atoms with Crippen LogP contribution in [0.4, 0.5) is 0 Å². The Labute approximate surface area is 80.0 Å². The molecular weight excluding hydrogens is 164 g/mol. The standard InChI is InChI=1S/C11H16O2/c1-5-9(3)10(4)7-8-11(12)13-6-2/h1H,6-8H2,2-4H3. The molecule has 72 valence electrons. The van der Waals surface area contributed by atoms with Gasteiger partial charge >= 0.3 is 5.97 Å². The molecule has 0 saturated carbocycles. The zero-order valence-corrected chi connectivity index (χ0v) is 8.52. The van der Waals surface area contributed by atoms with Crippen molar-refractivity contribution in [2.24, 2.45) is 0 Å². The normalized spacial score (nSPS) is 11.5. The number of carbonyl (C=O) groups excluding carboxylic acids is 1. The first-order chi connectivity index (χ1) is 6.11. The fraction of sp³-hybridized carbons (Fsp3) is 0.545. The minimum absolute atomic E-state index is 0.160. The van der Waals surface area contributed by atoms with Crippen LogP contribution in [-0.2, 0) is 9.53 Å². The van der Waals surface area contributed by atoms with E-state index in [0.29, 0.717) is 19.4 Å². The summed E-state index contributed by atoms with van der Waals surface area (Å²) in [6.45, 7) is 6.05. The molecule has 0 amide bonds. The summed E-state index contributed by atoms with van der Waals surface area (Å²) in [4.78, 5) is 11.0. The molecule has 0 spiro atoms. The van der Waals surface area contributed by atoms with E-state index in [1.165, 1.54) is 0 Å². The molecule has 0 aliphatic carbocycles. The molecule has 0 N–H and O–H groups in total. The van der Waals surface area contributed by atoms with Crippen molar-refractivity contribution >= 4 is 5.97 Å². The van der Waals surface area contributed by atoms with E-state index in [9.17, 15) is 4.79 Å². The van der Waals surface area contributed by atoms with Gasteiger partial charge in [0.15, 0.2) is 0 Å². The van der Waals surface area contributed by atoms with Crippen molar-refractivity contribution in [3.05, 3.63) is 11.1 Å². The number of carbonyl (C=O) groups is 1. The van der Waals surface area contributed by atoms with Gasteiger partial charge in [0.25, 0.3) is 0 Å². The van der Waals surface area contributed by atoms with Crippen LogP contribution in [0.25, 0.3) is 0 Å². The summed E-state index contributed by atoms with van der Waals surface area (Å²) in [5.41, 5.74) is 1.99. The third kappa shape index (κ3) is 5.08. The number of esters is 1. The van der Waals surface area contributed by atoms with Gasteiger partial charge in [-0.1, -0.05) is 11.5 Å². The van der Waals surface area contributed by atoms with Gasteiger partial charge in [-0.05, 0) is 32.8 Å². The molecule has 0 aromatic rings. The van der Waals surface area contributed by atoms with Gasteiger partial charge in [-0.3, -0.25) is 4.79 Å². The monoisotopic (exact) mass is 180 g/mol. The minimum atomic E-state index is -0.160. The molecule has 0 aliphatic rings. The number of rotatable bonds is 4. The van der Waals surface area contributed by atoms with Gasteiger partial charge in [0.05, 0.1) is 6.61 Å². The van der Waals surface area contributed by atoms with E-state index in [4.69, 9.17) is 11.2 Å². The van der Waals surface area contributed by atoms with Gasteiger partial charge < -0.3 is 4.74 Å². The molecular formula is C11H16O2. The summed E-state index contributed by atoms with van der Waals surface area (Å²) in [6, 6.07) is 0. The number of hydrogen-bond acceptors (Lipinski definition) is 2. The van der Waals surface area contributed by atoms with E-state index < -0.39 is 0 Å². The fourth-order valence-corrected chi connectivity index (χ4v) is 0.833. The minimum Gasteiger partial charge on any atom is -0.466 e. The number of terminal acetylenes is 1. The molecule has 13 heavy (non-hydrogen) atoms. The Morgan fingerprint density at radius 3 is 2.46 bits per heavy atom. The van der Waals surface area contributed by atoms with E-state index >= 15 is 0 Å². The van der Waals surface area contributed by atoms with E-state index in [1.807, 2.05) is 13.8 Å². The second-order valence-electron chi connectivity index (χ2n) is 2.85. The van der Waals surface area contributed by atoms with Crippen LogP contribution >= 0.6 is 0 Å². The lowest BCUT2D eigenvalue weighted by Crippen LogP contribution is -2.03. The summed E-state index contributed by atoms with van der Waals surface area (Å²) in [7, 11) is 0. The lowest BCUT2D eigenvalue weighted by molar-refractivity contribution is -0.143. The summed E-state index contributed by atoms with van der Waals surface area (Å²) in [6.07, 6.45) is 6.32. The van der Waals surface area contributed by atoms with Crippen LogP contribution in [0, 0.1) is 12.3 Å². The van der Waals surface area contributed by atoms with E-state index in [0.717, 1.165) is 11.1 Å². The van der Waals surface area contributed by atoms with Gasteiger partial charge in [0, 0.05) is 6.42 Å². The Balaban J connectivity index is 3.91. The first-order valence-electron chi connectivity index (χ1n) is 4.40. The van der Waals surface area contributed by atoms with Crippen LogP contribution in [0.5, 0.6) is 0 Å². The Kier molecular flexibility index (Phi) is 5.71. The van der Waals surface area contributed by atoms with Crippen molar-refractivity contribution in [3.8, 4) is 12.3 Å². The Morgan fingerprint density at radius 1 is 1.38 bits per heavy atom. The zero-order valence-electron chi connectivity index (χ0n) is 8.52. The predicted molar refractivity (Wildman–Crippen MR) is 53.1 cm³/mol. The summed E-state index contributed by atoms with van der Waals surface area (Å²) >= 11 is 0. The molecule has 0 bridgehead atoms. The van der Waals surface area contributed by atoms with E-state index in [2.05, 4.69) is 5.92 Å². The molecule has 0 unspecified atom stereocenters. The van der Waals surface area contributed by atoms with Gasteiger partial charge in [-0.15, -0.1) is 6.42 Å². The highest BCUT2D eigenvalue weighted by molar-refractivity contribution is 5.69. The first-order valence-corrected chi connectivity index (χ1v) is 4.40. The smallest absolute Gasteiger partial charge is 0.306 e. The lowest BCUT2D eigenvalue weighted by Gasteiger charge is -2.03. The summed E-state index contributed by atoms with van der Waals surface area (Å²) in [5.74, 6) is 2.39. The third-order valence-corrected chi connectivity index (χ3v) is 1.87. The van der Waals surface area contributed by atoms with Crippen molar-refractivity contribution in [1.29, 1.82) is 0 Å². The zero-order chi connectivity index (χ0) is 10.3. The van der Waals surface area contributed by atoms with Crippen LogP contribution in [-0.4, -0.2) is 12.6 Å². The van der Waals surface area contributed by atoms with Gasteiger partial charge in [-0.2, -0.15) is 0 Å². The van der Waals surface area contributed by atoms with Gasteiger partial charge in [-0.25, -0.2) is 0 Å². The average Bonchev–Trinajstić information content (AvgIpc) is 2.13. The quantitative estimate of drug-likeness (QED) is 0.490. The predicted octanol–water partition coefficient (Wildman–Crippen LogP) is 2.30. The van der Waals surface area contributed by atoms with Gasteiger partial charge in [0.1, 0.15) is 0 Å². The highest BCUT2D eigenvalue weighted by atomic mass is 16.5.